The normalized spacial score (nSPS) is 12.6. The van der Waals surface area contributed by atoms with E-state index < -0.39 is 0 Å². The molecule has 0 N–H and O–H groups in total. The smallest absolute Gasteiger partial charge is 0.253 e. The second kappa shape index (κ2) is 6.71. The first kappa shape index (κ1) is 15.7. The van der Waals surface area contributed by atoms with Gasteiger partial charge >= 0.3 is 0 Å². The lowest BCUT2D eigenvalue weighted by Gasteiger charge is -2.26. The largest absolute Gasteiger partial charge is 0.339 e. The van der Waals surface area contributed by atoms with Gasteiger partial charge in [-0.3, -0.25) is 4.79 Å². The van der Waals surface area contributed by atoms with E-state index in [1.165, 1.54) is 0 Å². The van der Waals surface area contributed by atoms with E-state index in [4.69, 9.17) is 0 Å². The quantitative estimate of drug-likeness (QED) is 0.744. The van der Waals surface area contributed by atoms with Crippen molar-refractivity contribution in [3.63, 3.8) is 0 Å². The molecule has 1 atom stereocenters. The molecule has 2 nitrogen and oxygen atoms in total. The molecule has 0 bridgehead atoms. The molecule has 0 aliphatic rings. The van der Waals surface area contributed by atoms with E-state index >= 15 is 0 Å². The van der Waals surface area contributed by atoms with Gasteiger partial charge < -0.3 is 4.90 Å². The SMILES string of the molecule is CC(C)CC(C)N(C)C(=O)c1cc(Br)cc(Br)c1. The molecular formula is C14H19Br2NO. The highest BCUT2D eigenvalue weighted by atomic mass is 79.9. The Morgan fingerprint density at radius 1 is 1.17 bits per heavy atom. The number of halogens is 2. The molecule has 0 heterocycles. The highest BCUT2D eigenvalue weighted by molar-refractivity contribution is 9.11. The van der Waals surface area contributed by atoms with Crippen LogP contribution in [0.2, 0.25) is 0 Å². The third-order valence-electron chi connectivity index (χ3n) is 2.90. The number of carbonyl (C=O) groups excluding carboxylic acids is 1. The molecule has 100 valence electrons. The first-order valence-corrected chi connectivity index (χ1v) is 7.63. The van der Waals surface area contributed by atoms with Gasteiger partial charge in [-0.2, -0.15) is 0 Å². The van der Waals surface area contributed by atoms with Crippen molar-refractivity contribution in [1.82, 2.24) is 4.90 Å². The summed E-state index contributed by atoms with van der Waals surface area (Å²) in [6.45, 7) is 6.43. The van der Waals surface area contributed by atoms with Crippen LogP contribution >= 0.6 is 31.9 Å². The molecule has 0 fully saturated rings. The average Bonchev–Trinajstić information content (AvgIpc) is 2.24. The van der Waals surface area contributed by atoms with Gasteiger partial charge in [-0.15, -0.1) is 0 Å². The summed E-state index contributed by atoms with van der Waals surface area (Å²) in [6.07, 6.45) is 1.01. The molecular weight excluding hydrogens is 358 g/mol. The van der Waals surface area contributed by atoms with E-state index in [0.29, 0.717) is 11.5 Å². The summed E-state index contributed by atoms with van der Waals surface area (Å²) in [4.78, 5) is 14.2. The molecule has 0 aliphatic carbocycles. The van der Waals surface area contributed by atoms with Crippen molar-refractivity contribution in [2.45, 2.75) is 33.2 Å². The van der Waals surface area contributed by atoms with Crippen molar-refractivity contribution < 1.29 is 4.79 Å². The lowest BCUT2D eigenvalue weighted by molar-refractivity contribution is 0.0728. The fourth-order valence-electron chi connectivity index (χ4n) is 1.92. The van der Waals surface area contributed by atoms with Crippen molar-refractivity contribution in [1.29, 1.82) is 0 Å². The summed E-state index contributed by atoms with van der Waals surface area (Å²) < 4.78 is 1.82. The number of nitrogens with zero attached hydrogens (tertiary/aromatic N) is 1. The fourth-order valence-corrected chi connectivity index (χ4v) is 3.22. The molecule has 0 aromatic heterocycles. The summed E-state index contributed by atoms with van der Waals surface area (Å²) in [7, 11) is 1.87. The predicted molar refractivity (Wildman–Crippen MR) is 82.9 cm³/mol. The van der Waals surface area contributed by atoms with E-state index in [1.54, 1.807) is 0 Å². The van der Waals surface area contributed by atoms with Crippen molar-refractivity contribution in [2.75, 3.05) is 7.05 Å². The van der Waals surface area contributed by atoms with Crippen LogP contribution in [0.3, 0.4) is 0 Å². The minimum atomic E-state index is 0.0603. The van der Waals surface area contributed by atoms with Gasteiger partial charge in [0.15, 0.2) is 0 Å². The van der Waals surface area contributed by atoms with E-state index in [9.17, 15) is 4.79 Å². The van der Waals surface area contributed by atoms with Crippen LogP contribution in [0, 0.1) is 5.92 Å². The maximum Gasteiger partial charge on any atom is 0.253 e. The van der Waals surface area contributed by atoms with Gasteiger partial charge in [0, 0.05) is 27.6 Å². The molecule has 1 unspecified atom stereocenters. The molecule has 1 rings (SSSR count). The highest BCUT2D eigenvalue weighted by Crippen LogP contribution is 2.22. The van der Waals surface area contributed by atoms with Gasteiger partial charge in [-0.25, -0.2) is 0 Å². The molecule has 0 saturated heterocycles. The van der Waals surface area contributed by atoms with Crippen molar-refractivity contribution in [3.8, 4) is 0 Å². The van der Waals surface area contributed by atoms with Crippen LogP contribution in [0.25, 0.3) is 0 Å². The lowest BCUT2D eigenvalue weighted by Crippen LogP contribution is -2.35. The topological polar surface area (TPSA) is 20.3 Å². The van der Waals surface area contributed by atoms with Crippen LogP contribution in [0.15, 0.2) is 27.1 Å². The predicted octanol–water partition coefficient (Wildman–Crippen LogP) is 4.72. The number of carbonyl (C=O) groups is 1. The number of rotatable bonds is 4. The standard InChI is InChI=1S/C14H19Br2NO/c1-9(2)5-10(3)17(4)14(18)11-6-12(15)8-13(16)7-11/h6-10H,5H2,1-4H3. The number of amides is 1. The summed E-state index contributed by atoms with van der Waals surface area (Å²) in [5.41, 5.74) is 0.703. The first-order chi connectivity index (χ1) is 8.31. The molecule has 1 aromatic rings. The van der Waals surface area contributed by atoms with E-state index in [-0.39, 0.29) is 11.9 Å². The summed E-state index contributed by atoms with van der Waals surface area (Å²) >= 11 is 6.81. The fraction of sp³-hybridized carbons (Fsp3) is 0.500. The summed E-state index contributed by atoms with van der Waals surface area (Å²) in [5.74, 6) is 0.648. The van der Waals surface area contributed by atoms with Gasteiger partial charge in [0.1, 0.15) is 0 Å². The van der Waals surface area contributed by atoms with Crippen LogP contribution in [0.5, 0.6) is 0 Å². The second-order valence-corrected chi connectivity index (χ2v) is 6.88. The zero-order valence-corrected chi connectivity index (χ0v) is 14.4. The molecule has 0 aliphatic heterocycles. The monoisotopic (exact) mass is 375 g/mol. The molecule has 0 radical (unpaired) electrons. The van der Waals surface area contributed by atoms with Gasteiger partial charge in [0.2, 0.25) is 0 Å². The van der Waals surface area contributed by atoms with Crippen LogP contribution in [-0.2, 0) is 0 Å². The Morgan fingerprint density at radius 2 is 1.67 bits per heavy atom. The molecule has 0 saturated carbocycles. The Morgan fingerprint density at radius 3 is 2.11 bits per heavy atom. The Bertz CT molecular complexity index is 412. The Hall–Kier alpha value is -0.350. The Kier molecular flexibility index (Phi) is 5.86. The van der Waals surface area contributed by atoms with Crippen LogP contribution < -0.4 is 0 Å². The second-order valence-electron chi connectivity index (χ2n) is 5.05. The van der Waals surface area contributed by atoms with Crippen molar-refractivity contribution >= 4 is 37.8 Å². The van der Waals surface area contributed by atoms with E-state index in [0.717, 1.165) is 15.4 Å². The molecule has 4 heteroatoms. The van der Waals surface area contributed by atoms with Gasteiger partial charge in [0.25, 0.3) is 5.91 Å². The highest BCUT2D eigenvalue weighted by Gasteiger charge is 2.18. The minimum absolute atomic E-state index is 0.0603. The van der Waals surface area contributed by atoms with Gasteiger partial charge in [0.05, 0.1) is 0 Å². The molecule has 18 heavy (non-hydrogen) atoms. The molecule has 1 aromatic carbocycles. The Balaban J connectivity index is 2.86. The van der Waals surface area contributed by atoms with Crippen LogP contribution in [0.1, 0.15) is 37.6 Å². The van der Waals surface area contributed by atoms with E-state index in [2.05, 4.69) is 52.6 Å². The van der Waals surface area contributed by atoms with E-state index in [1.807, 2.05) is 30.1 Å². The maximum absolute atomic E-state index is 12.4. The lowest BCUT2D eigenvalue weighted by atomic mass is 10.0. The number of hydrogen-bond acceptors (Lipinski definition) is 1. The molecule has 1 amide bonds. The summed E-state index contributed by atoms with van der Waals surface area (Å²) in [6, 6.07) is 5.88. The van der Waals surface area contributed by atoms with Gasteiger partial charge in [-0.1, -0.05) is 45.7 Å². The summed E-state index contributed by atoms with van der Waals surface area (Å²) in [5, 5.41) is 0. The van der Waals surface area contributed by atoms with Crippen LogP contribution in [0.4, 0.5) is 0 Å². The first-order valence-electron chi connectivity index (χ1n) is 6.04. The third-order valence-corrected chi connectivity index (χ3v) is 3.82. The minimum Gasteiger partial charge on any atom is -0.339 e. The third kappa shape index (κ3) is 4.39. The van der Waals surface area contributed by atoms with Gasteiger partial charge in [-0.05, 0) is 37.5 Å². The number of benzene rings is 1. The van der Waals surface area contributed by atoms with Crippen molar-refractivity contribution in [2.24, 2.45) is 5.92 Å². The zero-order chi connectivity index (χ0) is 13.9. The maximum atomic E-state index is 12.4. The zero-order valence-electron chi connectivity index (χ0n) is 11.2. The number of hydrogen-bond donors (Lipinski definition) is 0. The average molecular weight is 377 g/mol. The van der Waals surface area contributed by atoms with Crippen LogP contribution in [-0.4, -0.2) is 23.9 Å². The van der Waals surface area contributed by atoms with Crippen molar-refractivity contribution in [3.05, 3.63) is 32.7 Å². The Labute approximate surface area is 126 Å². The molecule has 0 spiro atoms.